The first-order valence-electron chi connectivity index (χ1n) is 6.56. The van der Waals surface area contributed by atoms with Gasteiger partial charge in [-0.25, -0.2) is 0 Å². The Balaban J connectivity index is 2.89. The van der Waals surface area contributed by atoms with Crippen LogP contribution in [0.5, 0.6) is 0 Å². The van der Waals surface area contributed by atoms with E-state index in [-0.39, 0.29) is 0 Å². The monoisotopic (exact) mass is 332 g/mol. The molecule has 0 aromatic heterocycles. The Morgan fingerprint density at radius 2 is 1.86 bits per heavy atom. The number of nitriles is 1. The van der Waals surface area contributed by atoms with Crippen molar-refractivity contribution in [3.63, 3.8) is 0 Å². The summed E-state index contributed by atoms with van der Waals surface area (Å²) in [6.45, 7) is 0. The van der Waals surface area contributed by atoms with E-state index in [2.05, 4.69) is 6.07 Å². The Hall–Kier alpha value is -1.86. The van der Waals surface area contributed by atoms with Gasteiger partial charge in [0.25, 0.3) is 0 Å². The fourth-order valence-corrected chi connectivity index (χ4v) is 3.09. The summed E-state index contributed by atoms with van der Waals surface area (Å²) in [6.07, 6.45) is 0.710. The van der Waals surface area contributed by atoms with Crippen LogP contribution >= 0.6 is 23.2 Å². The largest absolute Gasteiger partial charge is 0.298 e. The first-order valence-corrected chi connectivity index (χ1v) is 7.32. The van der Waals surface area contributed by atoms with Crippen LogP contribution < -0.4 is 0 Å². The SMILES string of the molecule is CN(C)C(C#N)(c1cccc(Cl)c1)c1c(Cl)cccc1C=O. The van der Waals surface area contributed by atoms with E-state index in [1.54, 1.807) is 61.5 Å². The molecule has 0 radical (unpaired) electrons. The van der Waals surface area contributed by atoms with E-state index >= 15 is 0 Å². The number of hydrogen-bond donors (Lipinski definition) is 0. The first kappa shape index (κ1) is 16.5. The standard InChI is InChI=1S/C17H14Cl2N2O/c1-21(2)17(11-20,13-6-4-7-14(18)9-13)16-12(10-22)5-3-8-15(16)19/h3-10H,1-2H3. The summed E-state index contributed by atoms with van der Waals surface area (Å²) < 4.78 is 0. The van der Waals surface area contributed by atoms with E-state index in [1.165, 1.54) is 0 Å². The van der Waals surface area contributed by atoms with Crippen LogP contribution in [0, 0.1) is 11.3 Å². The van der Waals surface area contributed by atoms with Gasteiger partial charge in [0.1, 0.15) is 0 Å². The highest BCUT2D eigenvalue weighted by molar-refractivity contribution is 6.32. The van der Waals surface area contributed by atoms with Crippen LogP contribution in [-0.4, -0.2) is 25.3 Å². The fourth-order valence-electron chi connectivity index (χ4n) is 2.58. The topological polar surface area (TPSA) is 44.1 Å². The zero-order valence-corrected chi connectivity index (χ0v) is 13.7. The Kier molecular flexibility index (Phi) is 4.87. The third-order valence-electron chi connectivity index (χ3n) is 3.61. The minimum absolute atomic E-state index is 0.361. The molecule has 2 aromatic carbocycles. The maximum Gasteiger partial charge on any atom is 0.162 e. The minimum Gasteiger partial charge on any atom is -0.298 e. The number of halogens is 2. The highest BCUT2D eigenvalue weighted by atomic mass is 35.5. The lowest BCUT2D eigenvalue weighted by Gasteiger charge is -2.36. The quantitative estimate of drug-likeness (QED) is 0.790. The second-order valence-electron chi connectivity index (χ2n) is 5.05. The summed E-state index contributed by atoms with van der Waals surface area (Å²) in [4.78, 5) is 13.2. The summed E-state index contributed by atoms with van der Waals surface area (Å²) in [5.74, 6) is 0. The highest BCUT2D eigenvalue weighted by Crippen LogP contribution is 2.40. The summed E-state index contributed by atoms with van der Waals surface area (Å²) in [5.41, 5.74) is 0.285. The molecule has 3 nitrogen and oxygen atoms in total. The molecule has 0 bridgehead atoms. The number of carbonyl (C=O) groups is 1. The van der Waals surface area contributed by atoms with Gasteiger partial charge < -0.3 is 0 Å². The molecule has 0 amide bonds. The minimum atomic E-state index is -1.21. The van der Waals surface area contributed by atoms with Crippen LogP contribution in [0.25, 0.3) is 0 Å². The molecule has 0 saturated carbocycles. The van der Waals surface area contributed by atoms with Gasteiger partial charge in [0.05, 0.1) is 6.07 Å². The predicted molar refractivity (Wildman–Crippen MR) is 88.4 cm³/mol. The van der Waals surface area contributed by atoms with E-state index in [0.717, 1.165) is 0 Å². The van der Waals surface area contributed by atoms with Crippen molar-refractivity contribution >= 4 is 29.5 Å². The lowest BCUT2D eigenvalue weighted by molar-refractivity contribution is 0.112. The zero-order valence-electron chi connectivity index (χ0n) is 12.2. The van der Waals surface area contributed by atoms with E-state index in [9.17, 15) is 10.1 Å². The lowest BCUT2D eigenvalue weighted by atomic mass is 9.80. The molecule has 0 heterocycles. The molecule has 0 saturated heterocycles. The molecule has 0 aliphatic rings. The molecule has 0 N–H and O–H groups in total. The number of carbonyl (C=O) groups excluding carboxylic acids is 1. The van der Waals surface area contributed by atoms with Crippen LogP contribution in [0.3, 0.4) is 0 Å². The average Bonchev–Trinajstić information content (AvgIpc) is 2.49. The Bertz CT molecular complexity index is 753. The van der Waals surface area contributed by atoms with Crippen molar-refractivity contribution in [1.29, 1.82) is 5.26 Å². The molecule has 0 aliphatic heterocycles. The summed E-state index contributed by atoms with van der Waals surface area (Å²) in [5, 5.41) is 10.9. The van der Waals surface area contributed by atoms with E-state index in [4.69, 9.17) is 23.2 Å². The lowest BCUT2D eigenvalue weighted by Crippen LogP contribution is -2.42. The first-order chi connectivity index (χ1) is 10.5. The molecule has 0 spiro atoms. The molecule has 5 heteroatoms. The number of hydrogen-bond acceptors (Lipinski definition) is 3. The van der Waals surface area contributed by atoms with Gasteiger partial charge in [-0.1, -0.05) is 47.5 Å². The van der Waals surface area contributed by atoms with E-state index < -0.39 is 5.54 Å². The molecular formula is C17H14Cl2N2O. The highest BCUT2D eigenvalue weighted by Gasteiger charge is 2.40. The molecule has 0 fully saturated rings. The van der Waals surface area contributed by atoms with Gasteiger partial charge in [-0.2, -0.15) is 5.26 Å². The molecule has 112 valence electrons. The predicted octanol–water partition coefficient (Wildman–Crippen LogP) is 4.13. The van der Waals surface area contributed by atoms with Crippen molar-refractivity contribution < 1.29 is 4.79 Å². The van der Waals surface area contributed by atoms with Crippen molar-refractivity contribution in [1.82, 2.24) is 4.90 Å². The number of benzene rings is 2. The summed E-state index contributed by atoms with van der Waals surface area (Å²) >= 11 is 12.4. The number of aldehydes is 1. The third-order valence-corrected chi connectivity index (χ3v) is 4.16. The van der Waals surface area contributed by atoms with Crippen LogP contribution in [0.4, 0.5) is 0 Å². The van der Waals surface area contributed by atoms with Crippen molar-refractivity contribution in [2.45, 2.75) is 5.54 Å². The van der Waals surface area contributed by atoms with Crippen LogP contribution in [0.1, 0.15) is 21.5 Å². The molecule has 0 aliphatic carbocycles. The maximum absolute atomic E-state index is 11.5. The molecule has 2 aromatic rings. The van der Waals surface area contributed by atoms with Crippen molar-refractivity contribution in [2.24, 2.45) is 0 Å². The van der Waals surface area contributed by atoms with E-state index in [0.29, 0.717) is 33.0 Å². The Morgan fingerprint density at radius 3 is 2.41 bits per heavy atom. The van der Waals surface area contributed by atoms with Gasteiger partial charge >= 0.3 is 0 Å². The molecule has 22 heavy (non-hydrogen) atoms. The van der Waals surface area contributed by atoms with Gasteiger partial charge in [0.2, 0.25) is 0 Å². The number of rotatable bonds is 4. The molecule has 2 rings (SSSR count). The smallest absolute Gasteiger partial charge is 0.162 e. The second kappa shape index (κ2) is 6.50. The normalized spacial score (nSPS) is 13.5. The molecule has 1 atom stereocenters. The van der Waals surface area contributed by atoms with Gasteiger partial charge in [-0.3, -0.25) is 9.69 Å². The fraction of sp³-hybridized carbons (Fsp3) is 0.176. The summed E-state index contributed by atoms with van der Waals surface area (Å²) in [7, 11) is 3.53. The molecular weight excluding hydrogens is 319 g/mol. The van der Waals surface area contributed by atoms with Crippen molar-refractivity contribution in [3.8, 4) is 6.07 Å². The van der Waals surface area contributed by atoms with Gasteiger partial charge in [0.15, 0.2) is 11.8 Å². The average molecular weight is 333 g/mol. The second-order valence-corrected chi connectivity index (χ2v) is 5.89. The zero-order chi connectivity index (χ0) is 16.3. The number of nitrogens with zero attached hydrogens (tertiary/aromatic N) is 2. The van der Waals surface area contributed by atoms with E-state index in [1.807, 2.05) is 0 Å². The van der Waals surface area contributed by atoms with Crippen molar-refractivity contribution in [3.05, 3.63) is 69.2 Å². The van der Waals surface area contributed by atoms with Crippen molar-refractivity contribution in [2.75, 3.05) is 14.1 Å². The molecule has 1 unspecified atom stereocenters. The Labute approximate surface area is 139 Å². The van der Waals surface area contributed by atoms with Gasteiger partial charge in [-0.15, -0.1) is 0 Å². The van der Waals surface area contributed by atoms with Gasteiger partial charge in [-0.05, 0) is 37.9 Å². The maximum atomic E-state index is 11.5. The third kappa shape index (κ3) is 2.62. The summed E-state index contributed by atoms with van der Waals surface area (Å²) in [6, 6.07) is 14.3. The van der Waals surface area contributed by atoms with Crippen LogP contribution in [0.15, 0.2) is 42.5 Å². The Morgan fingerprint density at radius 1 is 1.18 bits per heavy atom. The van der Waals surface area contributed by atoms with Crippen LogP contribution in [-0.2, 0) is 5.54 Å². The van der Waals surface area contributed by atoms with Gasteiger partial charge in [0, 0.05) is 21.2 Å². The van der Waals surface area contributed by atoms with Crippen LogP contribution in [0.2, 0.25) is 10.0 Å².